The number of para-hydroxylation sites is 1. The summed E-state index contributed by atoms with van der Waals surface area (Å²) >= 11 is 1.18. The second-order valence-corrected chi connectivity index (χ2v) is 11.6. The number of methoxy groups -OCH3 is 1. The van der Waals surface area contributed by atoms with Gasteiger partial charge in [-0.1, -0.05) is 12.1 Å². The minimum absolute atomic E-state index is 0.129. The molecule has 6 nitrogen and oxygen atoms in total. The van der Waals surface area contributed by atoms with Crippen LogP contribution >= 0.6 is 11.3 Å². The number of sulfone groups is 1. The average Bonchev–Trinajstić information content (AvgIpc) is 3.23. The smallest absolute Gasteiger partial charge is 0.165 e. The first-order valence-corrected chi connectivity index (χ1v) is 11.5. The summed E-state index contributed by atoms with van der Waals surface area (Å²) in [4.78, 5) is 4.17. The quantitative estimate of drug-likeness (QED) is 0.579. The summed E-state index contributed by atoms with van der Waals surface area (Å²) in [6.07, 6.45) is 0. The fourth-order valence-corrected chi connectivity index (χ4v) is 6.51. The molecule has 1 aliphatic heterocycles. The zero-order valence-electron chi connectivity index (χ0n) is 16.5. The Kier molecular flexibility index (Phi) is 4.33. The van der Waals surface area contributed by atoms with Gasteiger partial charge in [0.2, 0.25) is 0 Å². The molecule has 0 saturated carbocycles. The van der Waals surface area contributed by atoms with Crippen LogP contribution in [-0.4, -0.2) is 36.8 Å². The minimum Gasteiger partial charge on any atom is -0.495 e. The number of halogens is 1. The SMILES string of the molecule is COc1cccc2cc(-c3cc(F)c([C@]4(C)CS(=O)(=O)C(C)(C)C(=N)N4)s3)[nH]c12. The van der Waals surface area contributed by atoms with Crippen LogP contribution in [0.25, 0.3) is 21.5 Å². The second-order valence-electron chi connectivity index (χ2n) is 8.00. The van der Waals surface area contributed by atoms with E-state index in [0.29, 0.717) is 10.6 Å². The van der Waals surface area contributed by atoms with Gasteiger partial charge in [0.05, 0.1) is 39.4 Å². The molecule has 9 heteroatoms. The number of nitrogens with one attached hydrogen (secondary N) is 3. The molecule has 0 spiro atoms. The molecule has 0 unspecified atom stereocenters. The van der Waals surface area contributed by atoms with Gasteiger partial charge < -0.3 is 15.0 Å². The monoisotopic (exact) mass is 435 g/mol. The van der Waals surface area contributed by atoms with Crippen LogP contribution in [0.1, 0.15) is 25.6 Å². The van der Waals surface area contributed by atoms with Gasteiger partial charge in [0.25, 0.3) is 0 Å². The predicted octanol–water partition coefficient (Wildman–Crippen LogP) is 4.03. The van der Waals surface area contributed by atoms with Gasteiger partial charge >= 0.3 is 0 Å². The maximum absolute atomic E-state index is 15.0. The molecule has 0 bridgehead atoms. The number of amidine groups is 1. The average molecular weight is 436 g/mol. The summed E-state index contributed by atoms with van der Waals surface area (Å²) in [5.41, 5.74) is 0.327. The maximum atomic E-state index is 15.0. The number of aromatic nitrogens is 1. The van der Waals surface area contributed by atoms with Crippen molar-refractivity contribution in [2.75, 3.05) is 12.9 Å². The highest BCUT2D eigenvalue weighted by atomic mass is 32.2. The number of thiophene rings is 1. The van der Waals surface area contributed by atoms with Crippen molar-refractivity contribution in [2.45, 2.75) is 31.1 Å². The Hall–Kier alpha value is -2.39. The van der Waals surface area contributed by atoms with E-state index in [2.05, 4.69) is 10.3 Å². The first kappa shape index (κ1) is 19.9. The van der Waals surface area contributed by atoms with Crippen LogP contribution < -0.4 is 10.1 Å². The van der Waals surface area contributed by atoms with Crippen LogP contribution in [0.5, 0.6) is 5.75 Å². The number of hydrogen-bond acceptors (Lipinski definition) is 5. The van der Waals surface area contributed by atoms with Gasteiger partial charge in [-0.15, -0.1) is 11.3 Å². The zero-order valence-corrected chi connectivity index (χ0v) is 18.1. The van der Waals surface area contributed by atoms with Gasteiger partial charge in [-0.2, -0.15) is 0 Å². The molecule has 1 fully saturated rings. The fraction of sp³-hybridized carbons (Fsp3) is 0.350. The molecular formula is C20H22FN3O3S2. The number of hydrogen-bond donors (Lipinski definition) is 3. The van der Waals surface area contributed by atoms with Crippen LogP contribution in [0.4, 0.5) is 4.39 Å². The Balaban J connectivity index is 1.79. The van der Waals surface area contributed by atoms with Crippen LogP contribution in [0.3, 0.4) is 0 Å². The number of fused-ring (bicyclic) bond motifs is 1. The third-order valence-corrected chi connectivity index (χ3v) is 9.67. The Morgan fingerprint density at radius 2 is 1.97 bits per heavy atom. The van der Waals surface area contributed by atoms with Crippen molar-refractivity contribution < 1.29 is 17.5 Å². The summed E-state index contributed by atoms with van der Waals surface area (Å²) in [5.74, 6) is -0.217. The maximum Gasteiger partial charge on any atom is 0.165 e. The van der Waals surface area contributed by atoms with Crippen molar-refractivity contribution >= 4 is 37.9 Å². The summed E-state index contributed by atoms with van der Waals surface area (Å²) < 4.78 is 44.5. The molecule has 29 heavy (non-hydrogen) atoms. The van der Waals surface area contributed by atoms with Gasteiger partial charge in [0.15, 0.2) is 9.84 Å². The van der Waals surface area contributed by atoms with Gasteiger partial charge in [-0.25, -0.2) is 12.8 Å². The molecule has 1 atom stereocenters. The molecule has 2 aromatic heterocycles. The molecule has 1 aromatic carbocycles. The van der Waals surface area contributed by atoms with Crippen molar-refractivity contribution in [1.29, 1.82) is 5.41 Å². The molecule has 3 aromatic rings. The Labute approximate surface area is 172 Å². The first-order valence-electron chi connectivity index (χ1n) is 9.04. The van der Waals surface area contributed by atoms with Crippen molar-refractivity contribution in [3.8, 4) is 16.3 Å². The van der Waals surface area contributed by atoms with Gasteiger partial charge in [-0.3, -0.25) is 5.41 Å². The minimum atomic E-state index is -3.64. The third kappa shape index (κ3) is 2.95. The Morgan fingerprint density at radius 1 is 1.24 bits per heavy atom. The summed E-state index contributed by atoms with van der Waals surface area (Å²) in [5, 5.41) is 12.1. The lowest BCUT2D eigenvalue weighted by molar-refractivity contribution is 0.419. The normalized spacial score (nSPS) is 23.1. The van der Waals surface area contributed by atoms with Gasteiger partial charge in [0.1, 0.15) is 22.1 Å². The largest absolute Gasteiger partial charge is 0.495 e. The summed E-state index contributed by atoms with van der Waals surface area (Å²) in [6, 6.07) is 8.97. The van der Waals surface area contributed by atoms with Crippen molar-refractivity contribution in [3.05, 3.63) is 41.0 Å². The van der Waals surface area contributed by atoms with E-state index in [0.717, 1.165) is 16.6 Å². The molecular weight excluding hydrogens is 413 g/mol. The highest BCUT2D eigenvalue weighted by Gasteiger charge is 2.51. The molecule has 154 valence electrons. The Bertz CT molecular complexity index is 1240. The molecule has 0 radical (unpaired) electrons. The summed E-state index contributed by atoms with van der Waals surface area (Å²) in [7, 11) is -2.05. The molecule has 3 heterocycles. The van der Waals surface area contributed by atoms with Crippen molar-refractivity contribution in [2.24, 2.45) is 0 Å². The standard InChI is InChI=1S/C20H22FN3O3S2/c1-19(2)18(22)24-20(3,10-29(19,25)26)17-12(21)9-15(28-17)13-8-11-6-5-7-14(27-4)16(11)23-13/h5-9,23H,10H2,1-4H3,(H2,22,24)/t20-/m0/s1. The number of aromatic amines is 1. The highest BCUT2D eigenvalue weighted by Crippen LogP contribution is 2.42. The zero-order chi connectivity index (χ0) is 21.2. The molecule has 1 saturated heterocycles. The highest BCUT2D eigenvalue weighted by molar-refractivity contribution is 7.93. The lowest BCUT2D eigenvalue weighted by atomic mass is 9.99. The lowest BCUT2D eigenvalue weighted by Gasteiger charge is -2.42. The number of benzene rings is 1. The van der Waals surface area contributed by atoms with E-state index >= 15 is 0 Å². The van der Waals surface area contributed by atoms with E-state index in [1.807, 2.05) is 24.3 Å². The van der Waals surface area contributed by atoms with Gasteiger partial charge in [-0.05, 0) is 39.0 Å². The predicted molar refractivity (Wildman–Crippen MR) is 114 cm³/mol. The first-order chi connectivity index (χ1) is 13.5. The van der Waals surface area contributed by atoms with Crippen LogP contribution in [0, 0.1) is 11.2 Å². The number of ether oxygens (including phenoxy) is 1. The van der Waals surface area contributed by atoms with Crippen molar-refractivity contribution in [1.82, 2.24) is 10.3 Å². The lowest BCUT2D eigenvalue weighted by Crippen LogP contribution is -2.63. The third-order valence-electron chi connectivity index (χ3n) is 5.55. The second kappa shape index (κ2) is 6.30. The topological polar surface area (TPSA) is 95.0 Å². The molecule has 4 rings (SSSR count). The van der Waals surface area contributed by atoms with Gasteiger partial charge in [0, 0.05) is 5.39 Å². The van der Waals surface area contributed by atoms with Crippen LogP contribution in [0.2, 0.25) is 0 Å². The van der Waals surface area contributed by atoms with Crippen LogP contribution in [0.15, 0.2) is 30.3 Å². The van der Waals surface area contributed by atoms with Crippen molar-refractivity contribution in [3.63, 3.8) is 0 Å². The van der Waals surface area contributed by atoms with Crippen LogP contribution in [-0.2, 0) is 15.4 Å². The fourth-order valence-electron chi connectivity index (χ4n) is 3.61. The van der Waals surface area contributed by atoms with E-state index in [9.17, 15) is 12.8 Å². The van der Waals surface area contributed by atoms with E-state index in [-0.39, 0.29) is 16.5 Å². The molecule has 3 N–H and O–H groups in total. The summed E-state index contributed by atoms with van der Waals surface area (Å²) in [6.45, 7) is 4.61. The Morgan fingerprint density at radius 3 is 2.62 bits per heavy atom. The number of H-pyrrole nitrogens is 1. The number of rotatable bonds is 3. The molecule has 0 amide bonds. The van der Waals surface area contributed by atoms with E-state index in [4.69, 9.17) is 10.1 Å². The van der Waals surface area contributed by atoms with E-state index < -0.39 is 25.9 Å². The molecule has 1 aliphatic rings. The van der Waals surface area contributed by atoms with E-state index in [1.165, 1.54) is 31.3 Å². The van der Waals surface area contributed by atoms with E-state index in [1.54, 1.807) is 14.0 Å². The molecule has 0 aliphatic carbocycles.